The second kappa shape index (κ2) is 9.68. The number of dihydropyridines is 1. The summed E-state index contributed by atoms with van der Waals surface area (Å²) >= 11 is 1.62. The van der Waals surface area contributed by atoms with Crippen LogP contribution in [0.5, 0.6) is 0 Å². The zero-order valence-electron chi connectivity index (χ0n) is 18.3. The van der Waals surface area contributed by atoms with E-state index in [1.807, 2.05) is 17.5 Å². The fourth-order valence-electron chi connectivity index (χ4n) is 4.48. The number of hydrogen-bond acceptors (Lipinski definition) is 8. The summed E-state index contributed by atoms with van der Waals surface area (Å²) in [6, 6.07) is 10.1. The lowest BCUT2D eigenvalue weighted by Crippen LogP contribution is -2.36. The second-order valence-electron chi connectivity index (χ2n) is 8.01. The predicted molar refractivity (Wildman–Crippen MR) is 123 cm³/mol. The normalized spacial score (nSPS) is 20.4. The van der Waals surface area contributed by atoms with Crippen molar-refractivity contribution in [1.82, 2.24) is 5.32 Å². The van der Waals surface area contributed by atoms with Gasteiger partial charge in [-0.1, -0.05) is 18.2 Å². The smallest absolute Gasteiger partial charge is 0.336 e. The van der Waals surface area contributed by atoms with E-state index in [9.17, 15) is 19.7 Å². The van der Waals surface area contributed by atoms with Crippen LogP contribution in [0, 0.1) is 10.1 Å². The van der Waals surface area contributed by atoms with Crippen LogP contribution in [0.4, 0.5) is 5.69 Å². The summed E-state index contributed by atoms with van der Waals surface area (Å²) in [5.74, 6) is -1.34. The number of nitro benzene ring substituents is 1. The van der Waals surface area contributed by atoms with Gasteiger partial charge in [0.1, 0.15) is 6.61 Å². The molecule has 1 aromatic carbocycles. The van der Waals surface area contributed by atoms with Crippen LogP contribution >= 0.6 is 11.3 Å². The molecule has 172 valence electrons. The van der Waals surface area contributed by atoms with Crippen molar-refractivity contribution in [2.24, 2.45) is 0 Å². The molecule has 0 amide bonds. The van der Waals surface area contributed by atoms with Gasteiger partial charge in [0.05, 0.1) is 17.1 Å². The van der Waals surface area contributed by atoms with Crippen molar-refractivity contribution in [3.63, 3.8) is 0 Å². The number of non-ortho nitro benzene ring substituents is 1. The van der Waals surface area contributed by atoms with Crippen LogP contribution in [0.25, 0.3) is 0 Å². The third-order valence-corrected chi connectivity index (χ3v) is 6.96. The Morgan fingerprint density at radius 1 is 1.24 bits per heavy atom. The molecule has 9 heteroatoms. The summed E-state index contributed by atoms with van der Waals surface area (Å²) in [7, 11) is 1.51. The lowest BCUT2D eigenvalue weighted by Gasteiger charge is -2.36. The number of nitrogens with zero attached hydrogens (tertiary/aromatic N) is 1. The minimum atomic E-state index is -0.743. The van der Waals surface area contributed by atoms with Gasteiger partial charge in [-0.3, -0.25) is 14.9 Å². The standard InChI is InChI=1S/C24H24N2O6S/c1-14-21(24(28)32-9-8-31-2)22(15-5-3-6-17(11-15)26(29)30)23-18(25-14)12-16(13-19(23)27)20-7-4-10-33-20/h3-7,10-11,16,22,25H,8-9,12-13H2,1-2H3. The summed E-state index contributed by atoms with van der Waals surface area (Å²) in [5.41, 5.74) is 2.51. The molecule has 1 aliphatic heterocycles. The minimum absolute atomic E-state index is 0.0533. The summed E-state index contributed by atoms with van der Waals surface area (Å²) < 4.78 is 10.4. The molecule has 0 spiro atoms. The van der Waals surface area contributed by atoms with Gasteiger partial charge in [-0.05, 0) is 30.4 Å². The first-order chi connectivity index (χ1) is 15.9. The Bertz CT molecular complexity index is 1150. The number of allylic oxidation sites excluding steroid dienone is 3. The van der Waals surface area contributed by atoms with Crippen LogP contribution in [0.3, 0.4) is 0 Å². The van der Waals surface area contributed by atoms with E-state index in [-0.39, 0.29) is 36.2 Å². The van der Waals surface area contributed by atoms with Crippen molar-refractivity contribution >= 4 is 28.8 Å². The molecule has 0 saturated carbocycles. The fourth-order valence-corrected chi connectivity index (χ4v) is 5.31. The Morgan fingerprint density at radius 2 is 2.06 bits per heavy atom. The van der Waals surface area contributed by atoms with Crippen molar-refractivity contribution in [2.75, 3.05) is 20.3 Å². The Hall–Kier alpha value is -3.30. The molecule has 1 aliphatic carbocycles. The molecular formula is C24H24N2O6S. The number of nitro groups is 1. The Balaban J connectivity index is 1.79. The number of Topliss-reactive ketones (excluding diaryl/α,β-unsaturated/α-hetero) is 1. The molecule has 2 unspecified atom stereocenters. The number of rotatable bonds is 7. The summed E-state index contributed by atoms with van der Waals surface area (Å²) in [6.45, 7) is 2.07. The van der Waals surface area contributed by atoms with Crippen LogP contribution in [-0.4, -0.2) is 37.0 Å². The van der Waals surface area contributed by atoms with Gasteiger partial charge in [0.2, 0.25) is 0 Å². The number of ketones is 1. The van der Waals surface area contributed by atoms with Gasteiger partial charge in [-0.25, -0.2) is 4.79 Å². The van der Waals surface area contributed by atoms with Crippen LogP contribution < -0.4 is 5.32 Å². The van der Waals surface area contributed by atoms with Crippen LogP contribution in [0.15, 0.2) is 64.3 Å². The van der Waals surface area contributed by atoms with E-state index in [1.54, 1.807) is 30.4 Å². The molecule has 0 bridgehead atoms. The third-order valence-electron chi connectivity index (χ3n) is 5.93. The molecule has 1 N–H and O–H groups in total. The van der Waals surface area contributed by atoms with Gasteiger partial charge in [-0.2, -0.15) is 0 Å². The fraction of sp³-hybridized carbons (Fsp3) is 0.333. The van der Waals surface area contributed by atoms with Gasteiger partial charge in [0.25, 0.3) is 5.69 Å². The van der Waals surface area contributed by atoms with E-state index in [4.69, 9.17) is 9.47 Å². The van der Waals surface area contributed by atoms with Crippen LogP contribution in [0.2, 0.25) is 0 Å². The number of hydrogen-bond donors (Lipinski definition) is 1. The predicted octanol–water partition coefficient (Wildman–Crippen LogP) is 4.21. The quantitative estimate of drug-likeness (QED) is 0.281. The highest BCUT2D eigenvalue weighted by atomic mass is 32.1. The minimum Gasteiger partial charge on any atom is -0.460 e. The zero-order valence-corrected chi connectivity index (χ0v) is 19.1. The number of benzene rings is 1. The number of ether oxygens (including phenoxy) is 2. The van der Waals surface area contributed by atoms with Crippen molar-refractivity contribution < 1.29 is 24.0 Å². The number of carbonyl (C=O) groups excluding carboxylic acids is 2. The summed E-state index contributed by atoms with van der Waals surface area (Å²) in [4.78, 5) is 38.6. The molecule has 8 nitrogen and oxygen atoms in total. The first-order valence-corrected chi connectivity index (χ1v) is 11.5. The molecule has 1 aromatic heterocycles. The maximum Gasteiger partial charge on any atom is 0.336 e. The highest BCUT2D eigenvalue weighted by Gasteiger charge is 2.41. The number of thiophene rings is 1. The lowest BCUT2D eigenvalue weighted by molar-refractivity contribution is -0.384. The zero-order chi connectivity index (χ0) is 23.5. The van der Waals surface area contributed by atoms with Crippen molar-refractivity contribution in [3.8, 4) is 0 Å². The largest absolute Gasteiger partial charge is 0.460 e. The molecule has 0 fully saturated rings. The Kier molecular flexibility index (Phi) is 6.71. The average molecular weight is 469 g/mol. The van der Waals surface area contributed by atoms with Gasteiger partial charge < -0.3 is 14.8 Å². The van der Waals surface area contributed by atoms with Gasteiger partial charge in [0.15, 0.2) is 5.78 Å². The van der Waals surface area contributed by atoms with E-state index < -0.39 is 16.8 Å². The first-order valence-electron chi connectivity index (χ1n) is 10.6. The summed E-state index contributed by atoms with van der Waals surface area (Å²) in [5, 5.41) is 16.7. The molecule has 33 heavy (non-hydrogen) atoms. The molecule has 2 aromatic rings. The lowest BCUT2D eigenvalue weighted by atomic mass is 9.72. The van der Waals surface area contributed by atoms with Crippen molar-refractivity contribution in [1.29, 1.82) is 0 Å². The van der Waals surface area contributed by atoms with Crippen molar-refractivity contribution in [2.45, 2.75) is 31.6 Å². The number of carbonyl (C=O) groups is 2. The van der Waals surface area contributed by atoms with Gasteiger partial charge in [-0.15, -0.1) is 11.3 Å². The second-order valence-corrected chi connectivity index (χ2v) is 8.99. The van der Waals surface area contributed by atoms with Crippen molar-refractivity contribution in [3.05, 3.63) is 84.9 Å². The van der Waals surface area contributed by atoms with Gasteiger partial charge in [0, 0.05) is 59.3 Å². The van der Waals surface area contributed by atoms with Crippen LogP contribution in [-0.2, 0) is 19.1 Å². The Labute approximate surface area is 195 Å². The molecule has 0 radical (unpaired) electrons. The van der Waals surface area contributed by atoms with E-state index >= 15 is 0 Å². The van der Waals surface area contributed by atoms with Crippen LogP contribution in [0.1, 0.15) is 42.0 Å². The molecule has 4 rings (SSSR count). The van der Waals surface area contributed by atoms with Gasteiger partial charge >= 0.3 is 5.97 Å². The number of esters is 1. The summed E-state index contributed by atoms with van der Waals surface area (Å²) in [6.07, 6.45) is 0.938. The maximum absolute atomic E-state index is 13.5. The van der Waals surface area contributed by atoms with E-state index in [1.165, 1.54) is 19.2 Å². The van der Waals surface area contributed by atoms with E-state index in [0.29, 0.717) is 29.7 Å². The highest BCUT2D eigenvalue weighted by molar-refractivity contribution is 7.10. The number of methoxy groups -OCH3 is 1. The third kappa shape index (κ3) is 4.60. The molecule has 2 atom stereocenters. The Morgan fingerprint density at radius 3 is 2.76 bits per heavy atom. The van der Waals surface area contributed by atoms with E-state index in [2.05, 4.69) is 5.32 Å². The topological polar surface area (TPSA) is 108 Å². The first kappa shape index (κ1) is 22.9. The average Bonchev–Trinajstić information content (AvgIpc) is 3.33. The maximum atomic E-state index is 13.5. The monoisotopic (exact) mass is 468 g/mol. The van der Waals surface area contributed by atoms with E-state index in [0.717, 1.165) is 10.6 Å². The SMILES string of the molecule is COCCOC(=O)C1=C(C)NC2=C(C(=O)CC(c3cccs3)C2)C1c1cccc([N+](=O)[O-])c1. The highest BCUT2D eigenvalue weighted by Crippen LogP contribution is 2.46. The molecular weight excluding hydrogens is 444 g/mol. The molecule has 2 heterocycles. The molecule has 2 aliphatic rings. The molecule has 0 saturated heterocycles. The number of nitrogens with one attached hydrogen (secondary N) is 1.